The third kappa shape index (κ3) is 4.79. The summed E-state index contributed by atoms with van der Waals surface area (Å²) >= 11 is 0. The van der Waals surface area contributed by atoms with Gasteiger partial charge in [-0.05, 0) is 37.1 Å². The fourth-order valence-electron chi connectivity index (χ4n) is 1.46. The van der Waals surface area contributed by atoms with Crippen LogP contribution in [0.2, 0.25) is 0 Å². The second-order valence-corrected chi connectivity index (χ2v) is 4.39. The van der Waals surface area contributed by atoms with E-state index in [0.29, 0.717) is 19.4 Å². The zero-order valence-electron chi connectivity index (χ0n) is 10.4. The van der Waals surface area contributed by atoms with Gasteiger partial charge in [-0.2, -0.15) is 0 Å². The number of carbonyl (C=O) groups is 1. The lowest BCUT2D eigenvalue weighted by atomic mass is 10.1. The van der Waals surface area contributed by atoms with Crippen molar-refractivity contribution in [3.63, 3.8) is 0 Å². The molecule has 0 bridgehead atoms. The van der Waals surface area contributed by atoms with Crippen molar-refractivity contribution >= 4 is 5.91 Å². The van der Waals surface area contributed by atoms with Crippen LogP contribution in [0.25, 0.3) is 0 Å². The van der Waals surface area contributed by atoms with Gasteiger partial charge in [0, 0.05) is 18.5 Å². The predicted molar refractivity (Wildman–Crippen MR) is 65.7 cm³/mol. The predicted octanol–water partition coefficient (Wildman–Crippen LogP) is 1.96. The summed E-state index contributed by atoms with van der Waals surface area (Å²) in [4.78, 5) is 11.5. The first-order chi connectivity index (χ1) is 8.52. The first-order valence-corrected chi connectivity index (χ1v) is 5.93. The third-order valence-corrected chi connectivity index (χ3v) is 2.75. The Balaban J connectivity index is 2.40. The van der Waals surface area contributed by atoms with E-state index in [2.05, 4.69) is 5.32 Å². The zero-order valence-corrected chi connectivity index (χ0v) is 10.4. The second kappa shape index (κ2) is 7.06. The summed E-state index contributed by atoms with van der Waals surface area (Å²) in [5.74, 6) is -0.940. The molecule has 1 atom stereocenters. The third-order valence-electron chi connectivity index (χ3n) is 2.75. The van der Waals surface area contributed by atoms with Crippen LogP contribution in [0, 0.1) is 17.6 Å². The zero-order chi connectivity index (χ0) is 13.5. The van der Waals surface area contributed by atoms with Crippen LogP contribution in [-0.2, 0) is 11.3 Å². The summed E-state index contributed by atoms with van der Waals surface area (Å²) in [6.07, 6.45) is 1.03. The number of carbonyl (C=O) groups excluding carboxylic acids is 1. The molecule has 1 rings (SSSR count). The van der Waals surface area contributed by atoms with Gasteiger partial charge in [0.1, 0.15) is 11.6 Å². The van der Waals surface area contributed by atoms with E-state index < -0.39 is 11.6 Å². The molecule has 1 amide bonds. The molecule has 0 saturated carbocycles. The number of hydrogen-bond acceptors (Lipinski definition) is 2. The molecular weight excluding hydrogens is 238 g/mol. The van der Waals surface area contributed by atoms with Crippen LogP contribution in [0.3, 0.4) is 0 Å². The lowest BCUT2D eigenvalue weighted by molar-refractivity contribution is -0.121. The Bertz CT molecular complexity index is 410. The van der Waals surface area contributed by atoms with Gasteiger partial charge in [0.15, 0.2) is 0 Å². The summed E-state index contributed by atoms with van der Waals surface area (Å²) in [5.41, 5.74) is 5.59. The van der Waals surface area contributed by atoms with E-state index in [9.17, 15) is 13.6 Å². The lowest BCUT2D eigenvalue weighted by Gasteiger charge is -2.09. The number of amides is 1. The highest BCUT2D eigenvalue weighted by atomic mass is 19.1. The van der Waals surface area contributed by atoms with Gasteiger partial charge in [-0.1, -0.05) is 6.92 Å². The van der Waals surface area contributed by atoms with Crippen LogP contribution in [0.5, 0.6) is 0 Å². The number of benzene rings is 1. The number of halogens is 2. The lowest BCUT2D eigenvalue weighted by Crippen LogP contribution is -2.24. The molecule has 0 saturated heterocycles. The minimum Gasteiger partial charge on any atom is -0.352 e. The highest BCUT2D eigenvalue weighted by Gasteiger charge is 2.08. The van der Waals surface area contributed by atoms with Crippen molar-refractivity contribution in [2.75, 3.05) is 6.54 Å². The van der Waals surface area contributed by atoms with Crippen molar-refractivity contribution in [3.8, 4) is 0 Å². The number of rotatable bonds is 6. The number of nitrogens with one attached hydrogen (secondary N) is 1. The fourth-order valence-corrected chi connectivity index (χ4v) is 1.46. The maximum Gasteiger partial charge on any atom is 0.220 e. The summed E-state index contributed by atoms with van der Waals surface area (Å²) in [6.45, 7) is 2.49. The SMILES string of the molecule is CC(CN)CCC(=O)NCc1cc(F)ccc1F. The molecule has 1 unspecified atom stereocenters. The van der Waals surface area contributed by atoms with E-state index in [-0.39, 0.29) is 23.9 Å². The molecule has 3 nitrogen and oxygen atoms in total. The molecule has 0 aliphatic rings. The normalized spacial score (nSPS) is 12.2. The average molecular weight is 256 g/mol. The van der Waals surface area contributed by atoms with Gasteiger partial charge < -0.3 is 11.1 Å². The van der Waals surface area contributed by atoms with E-state index in [1.807, 2.05) is 6.92 Å². The highest BCUT2D eigenvalue weighted by molar-refractivity contribution is 5.75. The Morgan fingerprint density at radius 3 is 2.83 bits per heavy atom. The van der Waals surface area contributed by atoms with Gasteiger partial charge in [0.25, 0.3) is 0 Å². The van der Waals surface area contributed by atoms with Gasteiger partial charge in [0.05, 0.1) is 0 Å². The Labute approximate surface area is 105 Å². The Kier molecular flexibility index (Phi) is 5.71. The van der Waals surface area contributed by atoms with Gasteiger partial charge >= 0.3 is 0 Å². The molecule has 5 heteroatoms. The Hall–Kier alpha value is -1.49. The quantitative estimate of drug-likeness (QED) is 0.817. The Morgan fingerprint density at radius 2 is 2.17 bits per heavy atom. The van der Waals surface area contributed by atoms with E-state index in [0.717, 1.165) is 18.2 Å². The van der Waals surface area contributed by atoms with E-state index >= 15 is 0 Å². The number of nitrogens with two attached hydrogens (primary N) is 1. The van der Waals surface area contributed by atoms with Crippen molar-refractivity contribution < 1.29 is 13.6 Å². The monoisotopic (exact) mass is 256 g/mol. The van der Waals surface area contributed by atoms with Gasteiger partial charge in [0.2, 0.25) is 5.91 Å². The minimum atomic E-state index is -0.521. The Morgan fingerprint density at radius 1 is 1.44 bits per heavy atom. The van der Waals surface area contributed by atoms with Gasteiger partial charge in [-0.3, -0.25) is 4.79 Å². The first kappa shape index (κ1) is 14.6. The largest absolute Gasteiger partial charge is 0.352 e. The van der Waals surface area contributed by atoms with E-state index in [4.69, 9.17) is 5.73 Å². The summed E-state index contributed by atoms with van der Waals surface area (Å²) in [5, 5.41) is 2.56. The second-order valence-electron chi connectivity index (χ2n) is 4.39. The maximum atomic E-state index is 13.3. The smallest absolute Gasteiger partial charge is 0.220 e. The molecule has 0 aliphatic carbocycles. The van der Waals surface area contributed by atoms with Crippen molar-refractivity contribution in [2.24, 2.45) is 11.7 Å². The fraction of sp³-hybridized carbons (Fsp3) is 0.462. The van der Waals surface area contributed by atoms with Crippen molar-refractivity contribution in [1.29, 1.82) is 0 Å². The number of hydrogen-bond donors (Lipinski definition) is 2. The molecule has 0 radical (unpaired) electrons. The molecule has 3 N–H and O–H groups in total. The molecule has 1 aromatic rings. The van der Waals surface area contributed by atoms with Gasteiger partial charge in [-0.15, -0.1) is 0 Å². The maximum absolute atomic E-state index is 13.3. The highest BCUT2D eigenvalue weighted by Crippen LogP contribution is 2.09. The van der Waals surface area contributed by atoms with Crippen LogP contribution in [0.15, 0.2) is 18.2 Å². The van der Waals surface area contributed by atoms with Crippen LogP contribution in [0.4, 0.5) is 8.78 Å². The van der Waals surface area contributed by atoms with E-state index in [1.54, 1.807) is 0 Å². The molecule has 0 heterocycles. The van der Waals surface area contributed by atoms with Crippen LogP contribution in [-0.4, -0.2) is 12.5 Å². The van der Waals surface area contributed by atoms with Gasteiger partial charge in [-0.25, -0.2) is 8.78 Å². The average Bonchev–Trinajstić information content (AvgIpc) is 2.36. The summed E-state index contributed by atoms with van der Waals surface area (Å²) in [6, 6.07) is 3.18. The molecule has 0 fully saturated rings. The minimum absolute atomic E-state index is 0.000563. The molecule has 100 valence electrons. The topological polar surface area (TPSA) is 55.1 Å². The summed E-state index contributed by atoms with van der Waals surface area (Å²) in [7, 11) is 0. The van der Waals surface area contributed by atoms with E-state index in [1.165, 1.54) is 0 Å². The molecule has 0 aliphatic heterocycles. The molecule has 18 heavy (non-hydrogen) atoms. The first-order valence-electron chi connectivity index (χ1n) is 5.93. The summed E-state index contributed by atoms with van der Waals surface area (Å²) < 4.78 is 26.1. The van der Waals surface area contributed by atoms with Crippen LogP contribution < -0.4 is 11.1 Å². The standard InChI is InChI=1S/C13H18F2N2O/c1-9(7-16)2-5-13(18)17-8-10-6-11(14)3-4-12(10)15/h3-4,6,9H,2,5,7-8,16H2,1H3,(H,17,18). The molecule has 1 aromatic carbocycles. The molecular formula is C13H18F2N2O. The van der Waals surface area contributed by atoms with Crippen LogP contribution >= 0.6 is 0 Å². The van der Waals surface area contributed by atoms with Crippen molar-refractivity contribution in [3.05, 3.63) is 35.4 Å². The molecule has 0 spiro atoms. The van der Waals surface area contributed by atoms with Crippen LogP contribution in [0.1, 0.15) is 25.3 Å². The van der Waals surface area contributed by atoms with Crippen molar-refractivity contribution in [1.82, 2.24) is 5.32 Å². The van der Waals surface area contributed by atoms with Crippen molar-refractivity contribution in [2.45, 2.75) is 26.3 Å². The molecule has 0 aromatic heterocycles.